The van der Waals surface area contributed by atoms with Gasteiger partial charge in [-0.2, -0.15) is 92.2 Å². The zero-order chi connectivity index (χ0) is 37.1. The first kappa shape index (κ1) is 51.2. The van der Waals surface area contributed by atoms with Crippen LogP contribution in [0.5, 0.6) is 0 Å². The van der Waals surface area contributed by atoms with E-state index in [9.17, 15) is 0 Å². The van der Waals surface area contributed by atoms with Gasteiger partial charge in [-0.1, -0.05) is 158 Å². The van der Waals surface area contributed by atoms with Crippen molar-refractivity contribution < 1.29 is 0 Å². The molecule has 0 saturated carbocycles. The molecule has 0 aliphatic heterocycles. The van der Waals surface area contributed by atoms with Crippen LogP contribution in [0.3, 0.4) is 0 Å². The minimum atomic E-state index is -0.244. The molecule has 0 aliphatic rings. The van der Waals surface area contributed by atoms with Crippen molar-refractivity contribution in [3.8, 4) is 0 Å². The van der Waals surface area contributed by atoms with Crippen molar-refractivity contribution in [2.24, 2.45) is 0 Å². The second-order valence-corrected chi connectivity index (χ2v) is 23.4. The molecule has 0 N–H and O–H groups in total. The Hall–Kier alpha value is -0.894. The Morgan fingerprint density at radius 1 is 0.480 bits per heavy atom. The summed E-state index contributed by atoms with van der Waals surface area (Å²) in [5.41, 5.74) is 17.5. The quantitative estimate of drug-likeness (QED) is 0.145. The summed E-state index contributed by atoms with van der Waals surface area (Å²) < 4.78 is 0. The van der Waals surface area contributed by atoms with E-state index in [4.69, 9.17) is 0 Å². The van der Waals surface area contributed by atoms with Crippen LogP contribution in [0.2, 0.25) is 25.2 Å². The Kier molecular flexibility index (Phi) is 22.9. The van der Waals surface area contributed by atoms with Crippen molar-refractivity contribution >= 4 is 74.3 Å². The van der Waals surface area contributed by atoms with E-state index in [-0.39, 0.29) is 68.3 Å². The van der Waals surface area contributed by atoms with Crippen molar-refractivity contribution in [2.45, 2.75) is 158 Å². The molecule has 4 rings (SSSR count). The van der Waals surface area contributed by atoms with Gasteiger partial charge in [0.1, 0.15) is 0 Å². The minimum absolute atomic E-state index is 0. The van der Waals surface area contributed by atoms with Gasteiger partial charge in [-0.15, -0.1) is 24.3 Å². The monoisotopic (exact) mass is 728 g/mol. The van der Waals surface area contributed by atoms with Gasteiger partial charge in [0.15, 0.2) is 0 Å². The predicted molar refractivity (Wildman–Crippen MR) is 238 cm³/mol. The molecule has 4 aromatic rings. The third kappa shape index (κ3) is 19.8. The fourth-order valence-electron chi connectivity index (χ4n) is 5.12. The molecule has 4 aromatic carbocycles. The second kappa shape index (κ2) is 22.4. The van der Waals surface area contributed by atoms with Crippen LogP contribution in [0.25, 0.3) is 0 Å². The summed E-state index contributed by atoms with van der Waals surface area (Å²) in [6, 6.07) is 29.6. The summed E-state index contributed by atoms with van der Waals surface area (Å²) in [6.07, 6.45) is 0. The topological polar surface area (TPSA) is 0 Å². The zero-order valence-corrected chi connectivity index (χ0v) is 40.7. The standard InChI is InChI=1S/C14H23Si.C12H19Si.2C10H15.2Mg/c1-6-15(7-2)11-12-8-9-13(10-12)14(3,4)5;1-12(2,3)11-7-6-10(8-11)9-13(4)5;2*1-8-5-6-9(7-8)10(2,3)4;;/h8-11H,6-7H2,1-5H3;6-9H,1-5H3;2*5-7H,1-4H3;;/q4*-1;2*+2. The largest absolute Gasteiger partial charge is 2.00 e. The molecule has 0 spiro atoms. The maximum Gasteiger partial charge on any atom is 2.00 e. The van der Waals surface area contributed by atoms with E-state index in [0.717, 1.165) is 0 Å². The maximum absolute atomic E-state index is 2.51. The average molecular weight is 730 g/mol. The summed E-state index contributed by atoms with van der Waals surface area (Å²) in [5, 5.41) is 0. The van der Waals surface area contributed by atoms with Crippen molar-refractivity contribution in [3.63, 3.8) is 0 Å². The smallest absolute Gasteiger partial charge is 0.207 e. The Bertz CT molecular complexity index is 1490. The molecular formula is C46H72Mg2Si2. The Balaban J connectivity index is 0. The molecule has 0 aromatic heterocycles. The van der Waals surface area contributed by atoms with Crippen molar-refractivity contribution in [2.75, 3.05) is 0 Å². The van der Waals surface area contributed by atoms with Gasteiger partial charge in [0.2, 0.25) is 0 Å². The number of hydrogen-bond acceptors (Lipinski definition) is 0. The third-order valence-electron chi connectivity index (χ3n) is 8.57. The predicted octanol–water partition coefficient (Wildman–Crippen LogP) is 12.4. The van der Waals surface area contributed by atoms with Gasteiger partial charge in [-0.3, -0.25) is 0 Å². The molecule has 0 bridgehead atoms. The van der Waals surface area contributed by atoms with Gasteiger partial charge >= 0.3 is 46.1 Å². The van der Waals surface area contributed by atoms with Gasteiger partial charge in [-0.25, -0.2) is 12.1 Å². The molecule has 0 amide bonds. The average Bonchev–Trinajstić information content (AvgIpc) is 3.74. The van der Waals surface area contributed by atoms with E-state index in [1.165, 1.54) is 56.6 Å². The first-order valence-corrected chi connectivity index (χ1v) is 22.8. The van der Waals surface area contributed by atoms with Crippen LogP contribution < -0.4 is 0 Å². The molecule has 0 aliphatic carbocycles. The van der Waals surface area contributed by atoms with Crippen LogP contribution >= 0.6 is 0 Å². The van der Waals surface area contributed by atoms with Crippen LogP contribution in [0, 0.1) is 13.8 Å². The molecule has 0 atom stereocenters. The molecule has 268 valence electrons. The summed E-state index contributed by atoms with van der Waals surface area (Å²) in [6.45, 7) is 40.5. The number of rotatable bonds is 4. The summed E-state index contributed by atoms with van der Waals surface area (Å²) >= 11 is 0. The van der Waals surface area contributed by atoms with Crippen LogP contribution in [-0.4, -0.2) is 74.3 Å². The van der Waals surface area contributed by atoms with Gasteiger partial charge in [0.05, 0.1) is 0 Å². The van der Waals surface area contributed by atoms with E-state index < -0.39 is 0 Å². The molecule has 0 nitrogen and oxygen atoms in total. The molecule has 0 fully saturated rings. The zero-order valence-electron chi connectivity index (χ0n) is 35.9. The van der Waals surface area contributed by atoms with E-state index in [1.54, 1.807) is 0 Å². The van der Waals surface area contributed by atoms with E-state index in [1.807, 2.05) is 0 Å². The Morgan fingerprint density at radius 3 is 0.960 bits per heavy atom. The third-order valence-corrected chi connectivity index (χ3v) is 12.0. The van der Waals surface area contributed by atoms with E-state index in [0.29, 0.717) is 16.2 Å². The molecule has 50 heavy (non-hydrogen) atoms. The molecule has 0 radical (unpaired) electrons. The van der Waals surface area contributed by atoms with Crippen LogP contribution in [-0.2, 0) is 21.7 Å². The van der Waals surface area contributed by atoms with Crippen molar-refractivity contribution in [1.82, 2.24) is 0 Å². The van der Waals surface area contributed by atoms with Crippen molar-refractivity contribution in [3.05, 3.63) is 117 Å². The van der Waals surface area contributed by atoms with E-state index >= 15 is 0 Å². The second-order valence-electron chi connectivity index (χ2n) is 18.0. The SMILES string of the molecule is CC[Si](=Cc1cc(C(C)(C)C)c[cH-]1)CC.C[Si](C)=Cc1cc(C(C)(C)C)c[cH-]1.Cc1cc(C(C)(C)C)c[cH-]1.Cc1cc(C(C)(C)C)c[cH-]1.[Mg+2].[Mg+2]. The minimum Gasteiger partial charge on any atom is -0.207 e. The molecule has 4 heteroatoms. The Labute approximate surface area is 346 Å². The number of hydrogen-bond donors (Lipinski definition) is 0. The van der Waals surface area contributed by atoms with Gasteiger partial charge < -0.3 is 0 Å². The fourth-order valence-corrected chi connectivity index (χ4v) is 7.52. The fraction of sp³-hybridized carbons (Fsp3) is 0.522. The van der Waals surface area contributed by atoms with Gasteiger partial charge in [-0.05, 0) is 16.8 Å². The summed E-state index contributed by atoms with van der Waals surface area (Å²) in [5.74, 6) is 0. The molecule has 0 saturated heterocycles. The first-order chi connectivity index (χ1) is 21.9. The molecule has 0 heterocycles. The molecule has 0 unspecified atom stereocenters. The van der Waals surface area contributed by atoms with Crippen LogP contribution in [0.15, 0.2) is 72.8 Å². The summed E-state index contributed by atoms with van der Waals surface area (Å²) in [7, 11) is -0.476. The Morgan fingerprint density at radius 2 is 0.760 bits per heavy atom. The first-order valence-electron chi connectivity index (χ1n) is 18.2. The van der Waals surface area contributed by atoms with Gasteiger partial charge in [0.25, 0.3) is 0 Å². The number of aryl methyl sites for hydroxylation is 2. The molecular weight excluding hydrogens is 657 g/mol. The van der Waals surface area contributed by atoms with Crippen molar-refractivity contribution in [1.29, 1.82) is 0 Å². The normalized spacial score (nSPS) is 11.2. The maximum atomic E-state index is 2.51. The van der Waals surface area contributed by atoms with E-state index in [2.05, 4.69) is 208 Å². The van der Waals surface area contributed by atoms with Crippen LogP contribution in [0.4, 0.5) is 0 Å². The van der Waals surface area contributed by atoms with Crippen LogP contribution in [0.1, 0.15) is 141 Å². The van der Waals surface area contributed by atoms with Gasteiger partial charge in [0, 0.05) is 0 Å². The summed E-state index contributed by atoms with van der Waals surface area (Å²) in [4.78, 5) is 0.